The van der Waals surface area contributed by atoms with Crippen molar-refractivity contribution in [3.63, 3.8) is 0 Å². The van der Waals surface area contributed by atoms with E-state index in [9.17, 15) is 19.2 Å². The van der Waals surface area contributed by atoms with E-state index in [-0.39, 0.29) is 35.7 Å². The van der Waals surface area contributed by atoms with Crippen LogP contribution in [0.1, 0.15) is 123 Å². The Kier molecular flexibility index (Phi) is 14.7. The second-order valence-corrected chi connectivity index (χ2v) is 18.8. The standard InChI is InChI=1S/C52H56N6O4S2/c1-3-5-21-45(59)55-47(39-15-9-7-10-16-39)51(61)57-31-13-19-41(57)49-53-33-43(63-49)37-27-23-35(24-28-37)36-25-29-38(30-26-36)44-34-54-50(64-44)42-20-14-32-58(42)52(62)48(40-17-11-8-12-18-40)56-46(60)22-6-4-2/h7-12,15-18,23-30,33-34,41-42,47-48H,3-6,13-14,19-22,31-32H2,1-2H3,(H,55,59)(H,56,60)/t41-,42-,47-,48+/m0/s1. The van der Waals surface area contributed by atoms with Gasteiger partial charge in [-0.3, -0.25) is 19.2 Å². The molecule has 4 aromatic carbocycles. The van der Waals surface area contributed by atoms with Crippen molar-refractivity contribution in [2.24, 2.45) is 0 Å². The molecule has 0 spiro atoms. The lowest BCUT2D eigenvalue weighted by Crippen LogP contribution is -2.42. The summed E-state index contributed by atoms with van der Waals surface area (Å²) in [6.07, 6.45) is 11.4. The third-order valence-corrected chi connectivity index (χ3v) is 14.5. The van der Waals surface area contributed by atoms with Crippen molar-refractivity contribution in [2.45, 2.75) is 102 Å². The number of hydrogen-bond donors (Lipinski definition) is 2. The molecule has 330 valence electrons. The number of likely N-dealkylation sites (tertiary alicyclic amines) is 2. The van der Waals surface area contributed by atoms with Gasteiger partial charge in [0.2, 0.25) is 23.6 Å². The van der Waals surface area contributed by atoms with E-state index < -0.39 is 12.1 Å². The molecule has 10 nitrogen and oxygen atoms in total. The van der Waals surface area contributed by atoms with Crippen LogP contribution in [-0.4, -0.2) is 56.5 Å². The average molecular weight is 893 g/mol. The Labute approximate surface area is 384 Å². The van der Waals surface area contributed by atoms with Gasteiger partial charge in [0.05, 0.1) is 21.8 Å². The number of hydrogen-bond acceptors (Lipinski definition) is 8. The molecule has 0 saturated carbocycles. The third-order valence-electron chi connectivity index (χ3n) is 12.2. The van der Waals surface area contributed by atoms with E-state index in [0.29, 0.717) is 25.9 Å². The fraction of sp³-hybridized carbons (Fsp3) is 0.346. The van der Waals surface area contributed by atoms with Crippen LogP contribution in [0, 0.1) is 0 Å². The Morgan fingerprint density at radius 3 is 1.31 bits per heavy atom. The number of carbonyl (C=O) groups excluding carboxylic acids is 4. The van der Waals surface area contributed by atoms with Crippen molar-refractivity contribution in [3.05, 3.63) is 143 Å². The molecule has 4 heterocycles. The third kappa shape index (κ3) is 10.3. The van der Waals surface area contributed by atoms with Crippen molar-refractivity contribution in [2.75, 3.05) is 13.1 Å². The van der Waals surface area contributed by atoms with E-state index in [1.165, 1.54) is 0 Å². The van der Waals surface area contributed by atoms with Gasteiger partial charge in [-0.05, 0) is 71.9 Å². The minimum atomic E-state index is -0.734. The maximum absolute atomic E-state index is 14.2. The number of unbranched alkanes of at least 4 members (excludes halogenated alkanes) is 2. The predicted molar refractivity (Wildman–Crippen MR) is 255 cm³/mol. The summed E-state index contributed by atoms with van der Waals surface area (Å²) in [7, 11) is 0. The number of benzene rings is 4. The van der Waals surface area contributed by atoms with E-state index in [4.69, 9.17) is 9.97 Å². The Bertz CT molecular complexity index is 2330. The molecule has 6 aromatic rings. The molecule has 2 saturated heterocycles. The molecule has 8 rings (SSSR count). The van der Waals surface area contributed by atoms with Gasteiger partial charge in [0.25, 0.3) is 0 Å². The maximum Gasteiger partial charge on any atom is 0.250 e. The van der Waals surface area contributed by atoms with Crippen LogP contribution in [0.5, 0.6) is 0 Å². The van der Waals surface area contributed by atoms with E-state index in [2.05, 4.69) is 73.0 Å². The monoisotopic (exact) mass is 892 g/mol. The lowest BCUT2D eigenvalue weighted by atomic mass is 10.0. The number of nitrogens with zero attached hydrogens (tertiary/aromatic N) is 4. The zero-order chi connectivity index (χ0) is 44.4. The van der Waals surface area contributed by atoms with Crippen LogP contribution in [-0.2, 0) is 19.2 Å². The fourth-order valence-electron chi connectivity index (χ4n) is 8.72. The van der Waals surface area contributed by atoms with Crippen LogP contribution >= 0.6 is 22.7 Å². The highest BCUT2D eigenvalue weighted by Crippen LogP contribution is 2.41. The molecule has 0 unspecified atom stereocenters. The average Bonchev–Trinajstić information content (AvgIpc) is 4.19. The second-order valence-electron chi connectivity index (χ2n) is 16.7. The summed E-state index contributed by atoms with van der Waals surface area (Å²) in [6.45, 7) is 5.36. The molecule has 64 heavy (non-hydrogen) atoms. The van der Waals surface area contributed by atoms with Crippen LogP contribution in [0.15, 0.2) is 122 Å². The lowest BCUT2D eigenvalue weighted by Gasteiger charge is -2.28. The molecule has 4 atom stereocenters. The highest BCUT2D eigenvalue weighted by molar-refractivity contribution is 7.15. The lowest BCUT2D eigenvalue weighted by molar-refractivity contribution is -0.137. The molecule has 2 aliphatic rings. The Morgan fingerprint density at radius 2 is 0.938 bits per heavy atom. The summed E-state index contributed by atoms with van der Waals surface area (Å²) in [5.74, 6) is -0.392. The fourth-order valence-corrected chi connectivity index (χ4v) is 10.9. The van der Waals surface area contributed by atoms with E-state index >= 15 is 0 Å². The van der Waals surface area contributed by atoms with Crippen LogP contribution in [0.4, 0.5) is 0 Å². The highest BCUT2D eigenvalue weighted by Gasteiger charge is 2.38. The molecule has 2 N–H and O–H groups in total. The first-order valence-corrected chi connectivity index (χ1v) is 24.4. The van der Waals surface area contributed by atoms with Gasteiger partial charge < -0.3 is 20.4 Å². The van der Waals surface area contributed by atoms with Crippen LogP contribution in [0.3, 0.4) is 0 Å². The molecule has 2 aromatic heterocycles. The molecule has 0 bridgehead atoms. The minimum Gasteiger partial charge on any atom is -0.341 e. The van der Waals surface area contributed by atoms with Gasteiger partial charge in [-0.15, -0.1) is 22.7 Å². The Hall–Kier alpha value is -5.98. The molecular formula is C52H56N6O4S2. The first kappa shape index (κ1) is 44.6. The van der Waals surface area contributed by atoms with Gasteiger partial charge in [0.15, 0.2) is 0 Å². The predicted octanol–water partition coefficient (Wildman–Crippen LogP) is 11.0. The Balaban J connectivity index is 0.918. The summed E-state index contributed by atoms with van der Waals surface area (Å²) >= 11 is 3.24. The minimum absolute atomic E-state index is 0.0909. The number of aromatic nitrogens is 2. The number of thiazole rings is 2. The van der Waals surface area contributed by atoms with Crippen molar-refractivity contribution < 1.29 is 19.2 Å². The molecule has 2 fully saturated rings. The largest absolute Gasteiger partial charge is 0.341 e. The molecule has 0 aliphatic carbocycles. The number of amides is 4. The smallest absolute Gasteiger partial charge is 0.250 e. The molecule has 12 heteroatoms. The molecule has 2 aliphatic heterocycles. The molecule has 4 amide bonds. The van der Waals surface area contributed by atoms with E-state index in [1.807, 2.05) is 82.9 Å². The zero-order valence-corrected chi connectivity index (χ0v) is 38.2. The Morgan fingerprint density at radius 1 is 0.562 bits per heavy atom. The van der Waals surface area contributed by atoms with Gasteiger partial charge in [0.1, 0.15) is 22.1 Å². The second kappa shape index (κ2) is 21.1. The van der Waals surface area contributed by atoms with Crippen molar-refractivity contribution in [3.8, 4) is 32.0 Å². The van der Waals surface area contributed by atoms with Gasteiger partial charge in [-0.1, -0.05) is 136 Å². The summed E-state index contributed by atoms with van der Waals surface area (Å²) in [5, 5.41) is 7.89. The van der Waals surface area contributed by atoms with Gasteiger partial charge >= 0.3 is 0 Å². The van der Waals surface area contributed by atoms with Gasteiger partial charge in [-0.2, -0.15) is 0 Å². The zero-order valence-electron chi connectivity index (χ0n) is 36.6. The van der Waals surface area contributed by atoms with Crippen LogP contribution in [0.25, 0.3) is 32.0 Å². The number of carbonyl (C=O) groups is 4. The summed E-state index contributed by atoms with van der Waals surface area (Å²) in [6, 6.07) is 34.3. The molecule has 0 radical (unpaired) electrons. The normalized spacial score (nSPS) is 17.0. The SMILES string of the molecule is CCCCC(=O)N[C@H](C(=O)N1CCC[C@H]1c1ncc(-c2ccc(-c3ccc(-c4cnc([C@@H]5CCCN5C(=O)[C@H](NC(=O)CCCC)c5ccccc5)s4)cc3)cc2)s1)c1ccccc1. The number of nitrogens with one attached hydrogen (secondary N) is 2. The first-order chi connectivity index (χ1) is 31.3. The van der Waals surface area contributed by atoms with Crippen molar-refractivity contribution in [1.82, 2.24) is 30.4 Å². The summed E-state index contributed by atoms with van der Waals surface area (Å²) in [4.78, 5) is 69.6. The van der Waals surface area contributed by atoms with E-state index in [1.54, 1.807) is 22.7 Å². The first-order valence-electron chi connectivity index (χ1n) is 22.7. The maximum atomic E-state index is 14.2. The quantitative estimate of drug-likeness (QED) is 0.0940. The van der Waals surface area contributed by atoms with Crippen LogP contribution < -0.4 is 10.6 Å². The number of rotatable bonds is 17. The van der Waals surface area contributed by atoms with Gasteiger partial charge in [0, 0.05) is 38.3 Å². The van der Waals surface area contributed by atoms with Crippen LogP contribution in [0.2, 0.25) is 0 Å². The topological polar surface area (TPSA) is 125 Å². The summed E-state index contributed by atoms with van der Waals surface area (Å²) < 4.78 is 0. The van der Waals surface area contributed by atoms with E-state index in [0.717, 1.165) is 105 Å². The summed E-state index contributed by atoms with van der Waals surface area (Å²) in [5.41, 5.74) is 5.90. The van der Waals surface area contributed by atoms with Gasteiger partial charge in [-0.25, -0.2) is 9.97 Å². The van der Waals surface area contributed by atoms with Crippen molar-refractivity contribution >= 4 is 46.3 Å². The molecular weight excluding hydrogens is 837 g/mol. The van der Waals surface area contributed by atoms with Crippen molar-refractivity contribution in [1.29, 1.82) is 0 Å². The highest BCUT2D eigenvalue weighted by atomic mass is 32.1.